The second-order valence-electron chi connectivity index (χ2n) is 6.04. The number of anilines is 2. The van der Waals surface area contributed by atoms with Gasteiger partial charge in [-0.1, -0.05) is 11.6 Å². The van der Waals surface area contributed by atoms with Gasteiger partial charge in [-0.05, 0) is 68.3 Å². The molecule has 1 fully saturated rings. The number of benzene rings is 2. The number of ether oxygens (including phenoxy) is 1. The Balaban J connectivity index is 1.52. The third-order valence-corrected chi connectivity index (χ3v) is 4.12. The summed E-state index contributed by atoms with van der Waals surface area (Å²) in [6.45, 7) is 1.67. The highest BCUT2D eigenvalue weighted by atomic mass is 35.5. The smallest absolute Gasteiger partial charge is 0.265 e. The molecule has 0 aliphatic heterocycles. The zero-order valence-electron chi connectivity index (χ0n) is 13.8. The number of hydrogen-bond acceptors (Lipinski definition) is 3. The van der Waals surface area contributed by atoms with Crippen molar-refractivity contribution in [2.75, 3.05) is 10.6 Å². The molecule has 0 radical (unpaired) electrons. The number of rotatable bonds is 6. The summed E-state index contributed by atoms with van der Waals surface area (Å²) in [6, 6.07) is 13.9. The van der Waals surface area contributed by atoms with E-state index in [-0.39, 0.29) is 17.7 Å². The van der Waals surface area contributed by atoms with E-state index in [1.165, 1.54) is 0 Å². The van der Waals surface area contributed by atoms with Gasteiger partial charge < -0.3 is 15.4 Å². The Bertz CT molecular complexity index is 755. The molecular formula is C19H19ClN2O3. The van der Waals surface area contributed by atoms with Crippen molar-refractivity contribution in [1.82, 2.24) is 0 Å². The number of carbonyl (C=O) groups is 2. The number of hydrogen-bond donors (Lipinski definition) is 2. The van der Waals surface area contributed by atoms with E-state index in [4.69, 9.17) is 16.3 Å². The van der Waals surface area contributed by atoms with Gasteiger partial charge in [0.05, 0.1) is 0 Å². The van der Waals surface area contributed by atoms with Crippen LogP contribution in [-0.4, -0.2) is 17.9 Å². The van der Waals surface area contributed by atoms with Crippen LogP contribution in [0.3, 0.4) is 0 Å². The zero-order chi connectivity index (χ0) is 17.8. The molecule has 1 unspecified atom stereocenters. The summed E-state index contributed by atoms with van der Waals surface area (Å²) in [5.41, 5.74) is 1.36. The summed E-state index contributed by atoms with van der Waals surface area (Å²) in [6.07, 6.45) is 1.27. The van der Waals surface area contributed by atoms with Crippen molar-refractivity contribution < 1.29 is 14.3 Å². The fourth-order valence-electron chi connectivity index (χ4n) is 2.24. The number of carbonyl (C=O) groups excluding carboxylic acids is 2. The molecule has 2 aromatic rings. The van der Waals surface area contributed by atoms with E-state index in [0.29, 0.717) is 16.5 Å². The lowest BCUT2D eigenvalue weighted by molar-refractivity contribution is -0.122. The second-order valence-corrected chi connectivity index (χ2v) is 6.48. The topological polar surface area (TPSA) is 67.4 Å². The summed E-state index contributed by atoms with van der Waals surface area (Å²) in [5.74, 6) is 0.530. The Morgan fingerprint density at radius 1 is 1.00 bits per heavy atom. The van der Waals surface area contributed by atoms with E-state index in [9.17, 15) is 9.59 Å². The summed E-state index contributed by atoms with van der Waals surface area (Å²) in [4.78, 5) is 23.9. The second kappa shape index (κ2) is 7.57. The van der Waals surface area contributed by atoms with Crippen molar-refractivity contribution in [1.29, 1.82) is 0 Å². The molecule has 0 spiro atoms. The normalized spacial score (nSPS) is 14.5. The van der Waals surface area contributed by atoms with Gasteiger partial charge >= 0.3 is 0 Å². The number of nitrogens with one attached hydrogen (secondary N) is 2. The first-order chi connectivity index (χ1) is 12.0. The molecular weight excluding hydrogens is 340 g/mol. The molecule has 1 aliphatic rings. The molecule has 25 heavy (non-hydrogen) atoms. The molecule has 0 heterocycles. The molecule has 0 aromatic heterocycles. The van der Waals surface area contributed by atoms with E-state index < -0.39 is 6.10 Å². The van der Waals surface area contributed by atoms with E-state index in [1.807, 2.05) is 0 Å². The maximum absolute atomic E-state index is 12.2. The predicted molar refractivity (Wildman–Crippen MR) is 98.0 cm³/mol. The molecule has 2 N–H and O–H groups in total. The Kier molecular flexibility index (Phi) is 5.24. The van der Waals surface area contributed by atoms with Gasteiger partial charge in [0.25, 0.3) is 5.91 Å². The zero-order valence-corrected chi connectivity index (χ0v) is 14.5. The third kappa shape index (κ3) is 4.97. The first kappa shape index (κ1) is 17.3. The maximum atomic E-state index is 12.2. The summed E-state index contributed by atoms with van der Waals surface area (Å²) >= 11 is 5.82. The molecule has 130 valence electrons. The van der Waals surface area contributed by atoms with Crippen LogP contribution >= 0.6 is 11.6 Å². The lowest BCUT2D eigenvalue weighted by Crippen LogP contribution is -2.30. The average molecular weight is 359 g/mol. The van der Waals surface area contributed by atoms with Crippen LogP contribution in [0.4, 0.5) is 11.4 Å². The van der Waals surface area contributed by atoms with Crippen LogP contribution in [0.2, 0.25) is 5.02 Å². The van der Waals surface area contributed by atoms with Gasteiger partial charge in [-0.25, -0.2) is 0 Å². The van der Waals surface area contributed by atoms with Gasteiger partial charge in [0, 0.05) is 22.3 Å². The van der Waals surface area contributed by atoms with Crippen molar-refractivity contribution in [2.45, 2.75) is 25.9 Å². The van der Waals surface area contributed by atoms with Crippen molar-refractivity contribution in [3.8, 4) is 5.75 Å². The third-order valence-electron chi connectivity index (χ3n) is 3.86. The lowest BCUT2D eigenvalue weighted by Gasteiger charge is -2.15. The molecule has 2 amide bonds. The maximum Gasteiger partial charge on any atom is 0.265 e. The lowest BCUT2D eigenvalue weighted by atomic mass is 10.2. The monoisotopic (exact) mass is 358 g/mol. The van der Waals surface area contributed by atoms with Crippen molar-refractivity contribution >= 4 is 34.8 Å². The minimum atomic E-state index is -0.657. The molecule has 1 aliphatic carbocycles. The summed E-state index contributed by atoms with van der Waals surface area (Å²) < 4.78 is 5.59. The molecule has 0 bridgehead atoms. The highest BCUT2D eigenvalue weighted by molar-refractivity contribution is 6.30. The Morgan fingerprint density at radius 3 is 2.12 bits per heavy atom. The van der Waals surface area contributed by atoms with Gasteiger partial charge in [0.2, 0.25) is 5.91 Å². The van der Waals surface area contributed by atoms with Gasteiger partial charge in [0.1, 0.15) is 5.75 Å². The van der Waals surface area contributed by atoms with Crippen LogP contribution in [0.25, 0.3) is 0 Å². The van der Waals surface area contributed by atoms with Crippen LogP contribution in [-0.2, 0) is 9.59 Å². The minimum Gasteiger partial charge on any atom is -0.481 e. The molecule has 6 heteroatoms. The molecule has 1 saturated carbocycles. The number of halogens is 1. The van der Waals surface area contributed by atoms with Crippen LogP contribution < -0.4 is 15.4 Å². The first-order valence-corrected chi connectivity index (χ1v) is 8.53. The minimum absolute atomic E-state index is 0.0572. The molecule has 2 aromatic carbocycles. The van der Waals surface area contributed by atoms with E-state index >= 15 is 0 Å². The highest BCUT2D eigenvalue weighted by Crippen LogP contribution is 2.30. The van der Waals surface area contributed by atoms with Crippen molar-refractivity contribution in [3.05, 3.63) is 53.6 Å². The van der Waals surface area contributed by atoms with E-state index in [0.717, 1.165) is 18.5 Å². The Morgan fingerprint density at radius 2 is 1.56 bits per heavy atom. The average Bonchev–Trinajstić information content (AvgIpc) is 3.43. The molecule has 0 saturated heterocycles. The van der Waals surface area contributed by atoms with Crippen LogP contribution in [0, 0.1) is 5.92 Å². The van der Waals surface area contributed by atoms with Crippen molar-refractivity contribution in [2.24, 2.45) is 5.92 Å². The van der Waals surface area contributed by atoms with Crippen LogP contribution in [0.5, 0.6) is 5.75 Å². The largest absolute Gasteiger partial charge is 0.481 e. The Labute approximate surface area is 151 Å². The standard InChI is InChI=1S/C19H19ClN2O3/c1-12(25-17-10-4-14(20)5-11-17)18(23)21-15-6-8-16(9-7-15)22-19(24)13-2-3-13/h4-13H,2-3H2,1H3,(H,21,23)(H,22,24). The van der Waals surface area contributed by atoms with Crippen LogP contribution in [0.15, 0.2) is 48.5 Å². The van der Waals surface area contributed by atoms with Gasteiger partial charge in [-0.2, -0.15) is 0 Å². The molecule has 3 rings (SSSR count). The van der Waals surface area contributed by atoms with Crippen LogP contribution in [0.1, 0.15) is 19.8 Å². The number of amides is 2. The highest BCUT2D eigenvalue weighted by Gasteiger charge is 2.29. The predicted octanol–water partition coefficient (Wildman–Crippen LogP) is 4.09. The summed E-state index contributed by atoms with van der Waals surface area (Å²) in [7, 11) is 0. The van der Waals surface area contributed by atoms with Gasteiger partial charge in [-0.15, -0.1) is 0 Å². The first-order valence-electron chi connectivity index (χ1n) is 8.15. The van der Waals surface area contributed by atoms with E-state index in [2.05, 4.69) is 10.6 Å². The SMILES string of the molecule is CC(Oc1ccc(Cl)cc1)C(=O)Nc1ccc(NC(=O)C2CC2)cc1. The quantitative estimate of drug-likeness (QED) is 0.817. The Hall–Kier alpha value is -2.53. The van der Waals surface area contributed by atoms with Gasteiger partial charge in [0.15, 0.2) is 6.10 Å². The van der Waals surface area contributed by atoms with E-state index in [1.54, 1.807) is 55.5 Å². The molecule has 5 nitrogen and oxygen atoms in total. The molecule has 1 atom stereocenters. The van der Waals surface area contributed by atoms with Gasteiger partial charge in [-0.3, -0.25) is 9.59 Å². The fraction of sp³-hybridized carbons (Fsp3) is 0.263. The summed E-state index contributed by atoms with van der Waals surface area (Å²) in [5, 5.41) is 6.25. The fourth-order valence-corrected chi connectivity index (χ4v) is 2.37. The van der Waals surface area contributed by atoms with Crippen molar-refractivity contribution in [3.63, 3.8) is 0 Å².